The Kier molecular flexibility index (Phi) is 3.85. The van der Waals surface area contributed by atoms with Gasteiger partial charge in [-0.05, 0) is 18.2 Å². The van der Waals surface area contributed by atoms with Crippen LogP contribution in [0.4, 0.5) is 24.5 Å². The molecule has 3 N–H and O–H groups in total. The molecule has 3 nitrogen and oxygen atoms in total. The molecule has 0 bridgehead atoms. The first-order valence-corrected chi connectivity index (χ1v) is 5.77. The minimum absolute atomic E-state index is 0.0411. The van der Waals surface area contributed by atoms with Gasteiger partial charge in [0, 0.05) is 22.8 Å². The van der Waals surface area contributed by atoms with E-state index in [0.717, 1.165) is 0 Å². The first kappa shape index (κ1) is 14.2. The number of anilines is 2. The Bertz CT molecular complexity index is 668. The zero-order valence-corrected chi connectivity index (χ0v) is 10.6. The molecule has 7 heteroatoms. The van der Waals surface area contributed by atoms with E-state index >= 15 is 0 Å². The van der Waals surface area contributed by atoms with Gasteiger partial charge in [-0.3, -0.25) is 4.79 Å². The smallest absolute Gasteiger partial charge is 0.257 e. The summed E-state index contributed by atoms with van der Waals surface area (Å²) < 4.78 is 39.6. The van der Waals surface area contributed by atoms with Crippen molar-refractivity contribution in [3.63, 3.8) is 0 Å². The summed E-state index contributed by atoms with van der Waals surface area (Å²) in [5, 5.41) is 2.24. The Morgan fingerprint density at radius 1 is 1.10 bits per heavy atom. The van der Waals surface area contributed by atoms with E-state index in [2.05, 4.69) is 0 Å². The topological polar surface area (TPSA) is 55.1 Å². The van der Waals surface area contributed by atoms with E-state index in [-0.39, 0.29) is 16.3 Å². The van der Waals surface area contributed by atoms with Crippen LogP contribution in [0.5, 0.6) is 0 Å². The van der Waals surface area contributed by atoms with E-state index < -0.39 is 29.0 Å². The predicted molar refractivity (Wildman–Crippen MR) is 70.1 cm³/mol. The van der Waals surface area contributed by atoms with Crippen LogP contribution in [-0.2, 0) is 0 Å². The second-order valence-electron chi connectivity index (χ2n) is 3.93. The van der Waals surface area contributed by atoms with Crippen molar-refractivity contribution >= 4 is 28.9 Å². The van der Waals surface area contributed by atoms with Crippen LogP contribution in [0, 0.1) is 17.5 Å². The van der Waals surface area contributed by atoms with Gasteiger partial charge in [0.1, 0.15) is 11.5 Å². The quantitative estimate of drug-likeness (QED) is 0.833. The molecule has 0 unspecified atom stereocenters. The minimum Gasteiger partial charge on any atom is -0.398 e. The SMILES string of the molecule is Nc1ccc(Cl)cc1C(=O)Nc1c(F)cc(F)cc1F. The van der Waals surface area contributed by atoms with Gasteiger partial charge in [0.25, 0.3) is 5.91 Å². The van der Waals surface area contributed by atoms with Crippen molar-refractivity contribution in [1.29, 1.82) is 0 Å². The summed E-state index contributed by atoms with van der Waals surface area (Å²) >= 11 is 5.71. The van der Waals surface area contributed by atoms with Crippen LogP contribution in [0.15, 0.2) is 30.3 Å². The number of hydrogen-bond acceptors (Lipinski definition) is 2. The van der Waals surface area contributed by atoms with Crippen LogP contribution in [0.25, 0.3) is 0 Å². The Balaban J connectivity index is 2.35. The number of hydrogen-bond donors (Lipinski definition) is 2. The largest absolute Gasteiger partial charge is 0.398 e. The molecule has 0 heterocycles. The summed E-state index contributed by atoms with van der Waals surface area (Å²) in [6.07, 6.45) is 0. The van der Waals surface area contributed by atoms with Crippen molar-refractivity contribution in [2.45, 2.75) is 0 Å². The van der Waals surface area contributed by atoms with Crippen LogP contribution in [-0.4, -0.2) is 5.91 Å². The lowest BCUT2D eigenvalue weighted by Crippen LogP contribution is -2.16. The molecular weight excluding hydrogens is 293 g/mol. The number of carbonyl (C=O) groups excluding carboxylic acids is 1. The van der Waals surface area contributed by atoms with E-state index in [4.69, 9.17) is 17.3 Å². The molecule has 1 amide bonds. The summed E-state index contributed by atoms with van der Waals surface area (Å²) in [7, 11) is 0. The summed E-state index contributed by atoms with van der Waals surface area (Å²) in [6, 6.07) is 5.02. The maximum atomic E-state index is 13.4. The molecule has 2 aromatic carbocycles. The maximum absolute atomic E-state index is 13.4. The third-order valence-electron chi connectivity index (χ3n) is 2.51. The van der Waals surface area contributed by atoms with Gasteiger partial charge in [-0.15, -0.1) is 0 Å². The highest BCUT2D eigenvalue weighted by Crippen LogP contribution is 2.23. The van der Waals surface area contributed by atoms with Gasteiger partial charge in [-0.25, -0.2) is 13.2 Å². The van der Waals surface area contributed by atoms with E-state index in [1.807, 2.05) is 5.32 Å². The first-order valence-electron chi connectivity index (χ1n) is 5.39. The van der Waals surface area contributed by atoms with Crippen LogP contribution >= 0.6 is 11.6 Å². The van der Waals surface area contributed by atoms with Gasteiger partial charge in [0.15, 0.2) is 11.6 Å². The Labute approximate surface area is 117 Å². The molecule has 0 saturated heterocycles. The zero-order chi connectivity index (χ0) is 14.9. The van der Waals surface area contributed by atoms with Gasteiger partial charge in [0.2, 0.25) is 0 Å². The molecule has 0 radical (unpaired) electrons. The molecule has 2 rings (SSSR count). The van der Waals surface area contributed by atoms with Crippen LogP contribution in [0.2, 0.25) is 5.02 Å². The van der Waals surface area contributed by atoms with Crippen LogP contribution < -0.4 is 11.1 Å². The average molecular weight is 301 g/mol. The lowest BCUT2D eigenvalue weighted by molar-refractivity contribution is 0.102. The Morgan fingerprint density at radius 3 is 2.30 bits per heavy atom. The second kappa shape index (κ2) is 5.42. The number of benzene rings is 2. The highest BCUT2D eigenvalue weighted by Gasteiger charge is 2.17. The van der Waals surface area contributed by atoms with Crippen molar-refractivity contribution in [1.82, 2.24) is 0 Å². The standard InChI is InChI=1S/C13H8ClF3N2O/c14-6-1-2-11(18)8(3-6)13(20)19-12-9(16)4-7(15)5-10(12)17/h1-5H,18H2,(H,19,20). The Hall–Kier alpha value is -2.21. The number of rotatable bonds is 2. The summed E-state index contributed by atoms with van der Waals surface area (Å²) in [5.74, 6) is -4.39. The first-order chi connectivity index (χ1) is 9.38. The summed E-state index contributed by atoms with van der Waals surface area (Å²) in [6.45, 7) is 0. The molecule has 104 valence electrons. The van der Waals surface area contributed by atoms with E-state index in [1.165, 1.54) is 18.2 Å². The second-order valence-corrected chi connectivity index (χ2v) is 4.37. The number of halogens is 4. The molecule has 0 aliphatic heterocycles. The molecule has 20 heavy (non-hydrogen) atoms. The molecule has 0 saturated carbocycles. The van der Waals surface area contributed by atoms with E-state index in [0.29, 0.717) is 12.1 Å². The van der Waals surface area contributed by atoms with Crippen molar-refractivity contribution in [2.75, 3.05) is 11.1 Å². The molecule has 0 fully saturated rings. The van der Waals surface area contributed by atoms with Gasteiger partial charge < -0.3 is 11.1 Å². The highest BCUT2D eigenvalue weighted by atomic mass is 35.5. The predicted octanol–water partition coefficient (Wildman–Crippen LogP) is 3.59. The van der Waals surface area contributed by atoms with Crippen molar-refractivity contribution in [3.8, 4) is 0 Å². The van der Waals surface area contributed by atoms with Crippen molar-refractivity contribution in [3.05, 3.63) is 58.4 Å². The zero-order valence-electron chi connectivity index (χ0n) is 9.88. The van der Waals surface area contributed by atoms with E-state index in [9.17, 15) is 18.0 Å². The maximum Gasteiger partial charge on any atom is 0.257 e. The molecule has 0 spiro atoms. The fourth-order valence-electron chi connectivity index (χ4n) is 1.57. The minimum atomic E-state index is -1.23. The summed E-state index contributed by atoms with van der Waals surface area (Å²) in [4.78, 5) is 11.9. The van der Waals surface area contributed by atoms with Crippen LogP contribution in [0.1, 0.15) is 10.4 Å². The van der Waals surface area contributed by atoms with Crippen LogP contribution in [0.3, 0.4) is 0 Å². The fraction of sp³-hybridized carbons (Fsp3) is 0. The Morgan fingerprint density at radius 2 is 1.70 bits per heavy atom. The van der Waals surface area contributed by atoms with Gasteiger partial charge in [-0.2, -0.15) is 0 Å². The lowest BCUT2D eigenvalue weighted by atomic mass is 10.1. The van der Waals surface area contributed by atoms with Crippen molar-refractivity contribution < 1.29 is 18.0 Å². The average Bonchev–Trinajstić information content (AvgIpc) is 2.36. The number of amides is 1. The van der Waals surface area contributed by atoms with Gasteiger partial charge in [0.05, 0.1) is 5.56 Å². The lowest BCUT2D eigenvalue weighted by Gasteiger charge is -2.09. The monoisotopic (exact) mass is 300 g/mol. The number of nitrogen functional groups attached to an aromatic ring is 1. The van der Waals surface area contributed by atoms with Gasteiger partial charge in [-0.1, -0.05) is 11.6 Å². The number of nitrogens with one attached hydrogen (secondary N) is 1. The van der Waals surface area contributed by atoms with Gasteiger partial charge >= 0.3 is 0 Å². The third-order valence-corrected chi connectivity index (χ3v) is 2.74. The van der Waals surface area contributed by atoms with E-state index in [1.54, 1.807) is 0 Å². The normalized spacial score (nSPS) is 10.4. The molecule has 0 aliphatic rings. The number of nitrogens with two attached hydrogens (primary N) is 1. The molecule has 0 aromatic heterocycles. The molecular formula is C13H8ClF3N2O. The number of carbonyl (C=O) groups is 1. The summed E-state index contributed by atoms with van der Waals surface area (Å²) in [5.41, 5.74) is 4.87. The third kappa shape index (κ3) is 2.85. The molecule has 0 aliphatic carbocycles. The molecule has 0 atom stereocenters. The highest BCUT2D eigenvalue weighted by molar-refractivity contribution is 6.31. The fourth-order valence-corrected chi connectivity index (χ4v) is 1.74. The van der Waals surface area contributed by atoms with Crippen molar-refractivity contribution in [2.24, 2.45) is 0 Å². The molecule has 2 aromatic rings.